The molecular formula is C17H24ClN3. The zero-order chi connectivity index (χ0) is 15.6. The Morgan fingerprint density at radius 2 is 2.00 bits per heavy atom. The van der Waals surface area contributed by atoms with Gasteiger partial charge >= 0.3 is 0 Å². The molecule has 0 spiro atoms. The Morgan fingerprint density at radius 1 is 1.29 bits per heavy atom. The topological polar surface area (TPSA) is 43.8 Å². The molecule has 0 aliphatic heterocycles. The average molecular weight is 306 g/mol. The predicted molar refractivity (Wildman–Crippen MR) is 89.4 cm³/mol. The van der Waals surface area contributed by atoms with Crippen LogP contribution in [0.25, 0.3) is 5.69 Å². The second-order valence-electron chi connectivity index (χ2n) is 5.53. The van der Waals surface area contributed by atoms with Crippen LogP contribution in [0.5, 0.6) is 0 Å². The number of hydrogen-bond acceptors (Lipinski definition) is 2. The Labute approximate surface area is 132 Å². The van der Waals surface area contributed by atoms with E-state index < -0.39 is 0 Å². The number of para-hydroxylation sites is 1. The van der Waals surface area contributed by atoms with Crippen molar-refractivity contribution in [3.63, 3.8) is 0 Å². The highest BCUT2D eigenvalue weighted by molar-refractivity contribution is 6.32. The van der Waals surface area contributed by atoms with Gasteiger partial charge in [-0.05, 0) is 50.3 Å². The number of aromatic nitrogens is 2. The van der Waals surface area contributed by atoms with Crippen molar-refractivity contribution in [2.75, 3.05) is 0 Å². The SMILES string of the molecule is CCc1c(C)nn(-c2c(Cl)cccc2CC(N)CC)c1C. The van der Waals surface area contributed by atoms with Gasteiger partial charge in [-0.2, -0.15) is 5.10 Å². The molecule has 1 atom stereocenters. The Kier molecular flexibility index (Phi) is 5.07. The Bertz CT molecular complexity index is 631. The first-order valence-corrected chi connectivity index (χ1v) is 7.95. The smallest absolute Gasteiger partial charge is 0.0867 e. The van der Waals surface area contributed by atoms with Crippen LogP contribution in [0, 0.1) is 13.8 Å². The number of hydrogen-bond donors (Lipinski definition) is 1. The van der Waals surface area contributed by atoms with Gasteiger partial charge < -0.3 is 5.73 Å². The number of aryl methyl sites for hydroxylation is 1. The van der Waals surface area contributed by atoms with Gasteiger partial charge in [0.2, 0.25) is 0 Å². The van der Waals surface area contributed by atoms with Crippen LogP contribution in [0.4, 0.5) is 0 Å². The summed E-state index contributed by atoms with van der Waals surface area (Å²) in [5.74, 6) is 0. The molecule has 1 unspecified atom stereocenters. The zero-order valence-corrected chi connectivity index (χ0v) is 14.0. The van der Waals surface area contributed by atoms with Crippen molar-refractivity contribution < 1.29 is 0 Å². The van der Waals surface area contributed by atoms with Crippen molar-refractivity contribution in [3.05, 3.63) is 45.7 Å². The highest BCUT2D eigenvalue weighted by Gasteiger charge is 2.17. The van der Waals surface area contributed by atoms with Crippen molar-refractivity contribution in [2.45, 2.75) is 53.0 Å². The summed E-state index contributed by atoms with van der Waals surface area (Å²) in [6.45, 7) is 8.41. The van der Waals surface area contributed by atoms with E-state index in [1.165, 1.54) is 5.56 Å². The quantitative estimate of drug-likeness (QED) is 0.908. The summed E-state index contributed by atoms with van der Waals surface area (Å²) in [5.41, 5.74) is 11.8. The van der Waals surface area contributed by atoms with E-state index in [-0.39, 0.29) is 6.04 Å². The summed E-state index contributed by atoms with van der Waals surface area (Å²) in [6, 6.07) is 6.14. The third-order valence-electron chi connectivity index (χ3n) is 4.08. The van der Waals surface area contributed by atoms with Gasteiger partial charge in [-0.15, -0.1) is 0 Å². The van der Waals surface area contributed by atoms with Crippen LogP contribution in [0.1, 0.15) is 42.8 Å². The fraction of sp³-hybridized carbons (Fsp3) is 0.471. The maximum absolute atomic E-state index is 6.47. The van der Waals surface area contributed by atoms with Gasteiger partial charge in [0.05, 0.1) is 16.4 Å². The van der Waals surface area contributed by atoms with Crippen LogP contribution >= 0.6 is 11.6 Å². The van der Waals surface area contributed by atoms with E-state index in [0.29, 0.717) is 0 Å². The van der Waals surface area contributed by atoms with Gasteiger partial charge in [0.25, 0.3) is 0 Å². The molecule has 2 N–H and O–H groups in total. The van der Waals surface area contributed by atoms with E-state index in [9.17, 15) is 0 Å². The second-order valence-corrected chi connectivity index (χ2v) is 5.94. The molecule has 0 saturated heterocycles. The molecule has 2 aromatic rings. The number of nitrogens with zero attached hydrogens (tertiary/aromatic N) is 2. The lowest BCUT2D eigenvalue weighted by Gasteiger charge is -2.16. The lowest BCUT2D eigenvalue weighted by atomic mass is 10.0. The van der Waals surface area contributed by atoms with E-state index in [4.69, 9.17) is 22.4 Å². The van der Waals surface area contributed by atoms with E-state index in [1.54, 1.807) is 0 Å². The molecule has 21 heavy (non-hydrogen) atoms. The van der Waals surface area contributed by atoms with Crippen LogP contribution in [0.2, 0.25) is 5.02 Å². The van der Waals surface area contributed by atoms with Crippen LogP contribution in [0.3, 0.4) is 0 Å². The maximum atomic E-state index is 6.47. The number of benzene rings is 1. The predicted octanol–water partition coefficient (Wildman–Crippen LogP) is 3.98. The third-order valence-corrected chi connectivity index (χ3v) is 4.39. The highest BCUT2D eigenvalue weighted by atomic mass is 35.5. The number of halogens is 1. The lowest BCUT2D eigenvalue weighted by molar-refractivity contribution is 0.641. The molecule has 0 amide bonds. The largest absolute Gasteiger partial charge is 0.327 e. The first-order chi connectivity index (χ1) is 9.99. The zero-order valence-electron chi connectivity index (χ0n) is 13.3. The van der Waals surface area contributed by atoms with Gasteiger partial charge in [0, 0.05) is 11.7 Å². The fourth-order valence-electron chi connectivity index (χ4n) is 2.79. The molecule has 114 valence electrons. The summed E-state index contributed by atoms with van der Waals surface area (Å²) < 4.78 is 1.98. The van der Waals surface area contributed by atoms with Gasteiger partial charge in [-0.25, -0.2) is 4.68 Å². The summed E-state index contributed by atoms with van der Waals surface area (Å²) in [4.78, 5) is 0. The molecular weight excluding hydrogens is 282 g/mol. The van der Waals surface area contributed by atoms with Gasteiger partial charge in [-0.3, -0.25) is 0 Å². The van der Waals surface area contributed by atoms with Crippen LogP contribution in [0.15, 0.2) is 18.2 Å². The van der Waals surface area contributed by atoms with Crippen molar-refractivity contribution in [3.8, 4) is 5.69 Å². The molecule has 0 bridgehead atoms. The van der Waals surface area contributed by atoms with Gasteiger partial charge in [0.15, 0.2) is 0 Å². The van der Waals surface area contributed by atoms with Crippen molar-refractivity contribution in [1.82, 2.24) is 9.78 Å². The molecule has 0 fully saturated rings. The summed E-state index contributed by atoms with van der Waals surface area (Å²) >= 11 is 6.47. The minimum atomic E-state index is 0.143. The maximum Gasteiger partial charge on any atom is 0.0867 e. The minimum absolute atomic E-state index is 0.143. The van der Waals surface area contributed by atoms with E-state index in [0.717, 1.165) is 46.9 Å². The van der Waals surface area contributed by atoms with Gasteiger partial charge in [-0.1, -0.05) is 37.6 Å². The molecule has 0 aliphatic carbocycles. The molecule has 1 aromatic carbocycles. The Morgan fingerprint density at radius 3 is 2.57 bits per heavy atom. The molecule has 4 heteroatoms. The first kappa shape index (κ1) is 16.1. The highest BCUT2D eigenvalue weighted by Crippen LogP contribution is 2.28. The van der Waals surface area contributed by atoms with Crippen LogP contribution in [-0.4, -0.2) is 15.8 Å². The molecule has 1 aromatic heterocycles. The molecule has 0 aliphatic rings. The molecule has 1 heterocycles. The average Bonchev–Trinajstić information content (AvgIpc) is 2.73. The van der Waals surface area contributed by atoms with Crippen molar-refractivity contribution in [1.29, 1.82) is 0 Å². The summed E-state index contributed by atoms with van der Waals surface area (Å²) in [6.07, 6.45) is 2.74. The van der Waals surface area contributed by atoms with Crippen LogP contribution < -0.4 is 5.73 Å². The third kappa shape index (κ3) is 3.14. The Balaban J connectivity index is 2.58. The monoisotopic (exact) mass is 305 g/mol. The summed E-state index contributed by atoms with van der Waals surface area (Å²) in [7, 11) is 0. The summed E-state index contributed by atoms with van der Waals surface area (Å²) in [5, 5.41) is 5.42. The lowest BCUT2D eigenvalue weighted by Crippen LogP contribution is -2.22. The molecule has 3 nitrogen and oxygen atoms in total. The molecule has 0 radical (unpaired) electrons. The Hall–Kier alpha value is -1.32. The van der Waals surface area contributed by atoms with Crippen molar-refractivity contribution >= 4 is 11.6 Å². The number of rotatable bonds is 5. The molecule has 0 saturated carbocycles. The second kappa shape index (κ2) is 6.63. The normalized spacial score (nSPS) is 12.7. The van der Waals surface area contributed by atoms with Gasteiger partial charge in [0.1, 0.15) is 0 Å². The fourth-order valence-corrected chi connectivity index (χ4v) is 3.07. The minimum Gasteiger partial charge on any atom is -0.327 e. The molecule has 2 rings (SSSR count). The van der Waals surface area contributed by atoms with Crippen LogP contribution in [-0.2, 0) is 12.8 Å². The first-order valence-electron chi connectivity index (χ1n) is 7.57. The van der Waals surface area contributed by atoms with Crippen molar-refractivity contribution in [2.24, 2.45) is 5.73 Å². The van der Waals surface area contributed by atoms with E-state index in [1.807, 2.05) is 16.8 Å². The van der Waals surface area contributed by atoms with E-state index in [2.05, 4.69) is 33.8 Å². The number of nitrogens with two attached hydrogens (primary N) is 1. The standard InChI is InChI=1S/C17H24ClN3/c1-5-14(19)10-13-8-7-9-16(18)17(13)21-12(4)15(6-2)11(3)20-21/h7-9,14H,5-6,10,19H2,1-4H3. The van der Waals surface area contributed by atoms with E-state index >= 15 is 0 Å².